The van der Waals surface area contributed by atoms with Gasteiger partial charge >= 0.3 is 0 Å². The molecule has 0 unspecified atom stereocenters. The molecule has 224 valence electrons. The Balaban J connectivity index is 1.30. The summed E-state index contributed by atoms with van der Waals surface area (Å²) >= 11 is 0. The first kappa shape index (κ1) is 28.2. The Bertz CT molecular complexity index is 2250. The van der Waals surface area contributed by atoms with Crippen molar-refractivity contribution in [3.05, 3.63) is 163 Å². The number of anilines is 3. The maximum Gasteiger partial charge on any atom is 0.0541 e. The average molecular weight is 595 g/mol. The van der Waals surface area contributed by atoms with Crippen LogP contribution in [0, 0.1) is 0 Å². The molecule has 1 heterocycles. The fourth-order valence-electron chi connectivity index (χ4n) is 7.29. The summed E-state index contributed by atoms with van der Waals surface area (Å²) in [4.78, 5) is 2.39. The number of nitrogens with zero attached hydrogens (tertiary/aromatic N) is 2. The third-order valence-corrected chi connectivity index (χ3v) is 9.48. The Morgan fingerprint density at radius 3 is 1.96 bits per heavy atom. The number of para-hydroxylation sites is 3. The van der Waals surface area contributed by atoms with Crippen LogP contribution in [0.1, 0.15) is 44.7 Å². The van der Waals surface area contributed by atoms with Gasteiger partial charge in [0.05, 0.1) is 11.0 Å². The standard InChI is InChI=1S/C44H38N2/c1-4-5-21-43(46-41-22-13-11-19-37(41)38-20-12-14-23-42(38)46)39-30-44(2,3)40-29-35(26-27-36(39)40)45(33-17-7-6-8-18-33)34-25-24-31-15-9-10-16-32(31)28-34/h6-30H,4-5H2,1-3H3/b43-21+. The van der Waals surface area contributed by atoms with E-state index >= 15 is 0 Å². The molecule has 0 bridgehead atoms. The van der Waals surface area contributed by atoms with Gasteiger partial charge < -0.3 is 9.47 Å². The number of rotatable bonds is 7. The Morgan fingerprint density at radius 1 is 0.630 bits per heavy atom. The largest absolute Gasteiger partial charge is 0.310 e. The SMILES string of the molecule is CCC/C=C(\C1=CC(C)(C)c2cc(N(c3ccccc3)c3ccc4ccccc4c3)ccc21)n1c2ccccc2c2ccccc21. The molecule has 0 amide bonds. The van der Waals surface area contributed by atoms with Gasteiger partial charge in [-0.3, -0.25) is 0 Å². The number of unbranched alkanes of at least 4 members (excludes halogenated alkanes) is 1. The maximum atomic E-state index is 2.50. The molecule has 2 heteroatoms. The van der Waals surface area contributed by atoms with Gasteiger partial charge in [0.1, 0.15) is 0 Å². The number of allylic oxidation sites excluding steroid dienone is 4. The topological polar surface area (TPSA) is 8.17 Å². The summed E-state index contributed by atoms with van der Waals surface area (Å²) in [6, 6.07) is 50.8. The fourth-order valence-corrected chi connectivity index (χ4v) is 7.29. The first-order chi connectivity index (χ1) is 22.5. The van der Waals surface area contributed by atoms with E-state index in [1.54, 1.807) is 0 Å². The second kappa shape index (κ2) is 11.2. The lowest BCUT2D eigenvalue weighted by Gasteiger charge is -2.28. The lowest BCUT2D eigenvalue weighted by molar-refractivity contribution is 0.683. The van der Waals surface area contributed by atoms with E-state index in [-0.39, 0.29) is 5.41 Å². The number of aromatic nitrogens is 1. The first-order valence-electron chi connectivity index (χ1n) is 16.4. The minimum Gasteiger partial charge on any atom is -0.310 e. The van der Waals surface area contributed by atoms with Crippen molar-refractivity contribution in [2.24, 2.45) is 0 Å². The molecule has 0 aliphatic heterocycles. The molecule has 0 saturated carbocycles. The van der Waals surface area contributed by atoms with Crippen molar-refractivity contribution < 1.29 is 0 Å². The molecule has 6 aromatic carbocycles. The van der Waals surface area contributed by atoms with E-state index in [0.29, 0.717) is 0 Å². The molecule has 0 fully saturated rings. The number of hydrogen-bond donors (Lipinski definition) is 0. The Labute approximate surface area is 271 Å². The van der Waals surface area contributed by atoms with E-state index in [9.17, 15) is 0 Å². The zero-order chi connectivity index (χ0) is 31.3. The van der Waals surface area contributed by atoms with Crippen molar-refractivity contribution in [1.29, 1.82) is 0 Å². The fraction of sp³-hybridized carbons (Fsp3) is 0.136. The number of fused-ring (bicyclic) bond motifs is 5. The second-order valence-corrected chi connectivity index (χ2v) is 13.0. The second-order valence-electron chi connectivity index (χ2n) is 13.0. The van der Waals surface area contributed by atoms with E-state index < -0.39 is 0 Å². The van der Waals surface area contributed by atoms with Crippen molar-refractivity contribution in [1.82, 2.24) is 4.57 Å². The van der Waals surface area contributed by atoms with Crippen molar-refractivity contribution in [3.8, 4) is 0 Å². The molecule has 0 saturated heterocycles. The summed E-state index contributed by atoms with van der Waals surface area (Å²) in [5.41, 5.74) is 11.1. The summed E-state index contributed by atoms with van der Waals surface area (Å²) < 4.78 is 2.50. The molecule has 1 aliphatic rings. The molecule has 0 N–H and O–H groups in total. The van der Waals surface area contributed by atoms with Gasteiger partial charge in [-0.15, -0.1) is 0 Å². The predicted octanol–water partition coefficient (Wildman–Crippen LogP) is 12.4. The van der Waals surface area contributed by atoms with Crippen molar-refractivity contribution in [2.45, 2.75) is 39.0 Å². The highest BCUT2D eigenvalue weighted by molar-refractivity contribution is 6.14. The highest BCUT2D eigenvalue weighted by Crippen LogP contribution is 2.49. The van der Waals surface area contributed by atoms with Crippen LogP contribution in [0.3, 0.4) is 0 Å². The number of benzene rings is 6. The van der Waals surface area contributed by atoms with Gasteiger partial charge in [0.2, 0.25) is 0 Å². The van der Waals surface area contributed by atoms with Crippen molar-refractivity contribution >= 4 is 60.9 Å². The molecule has 7 aromatic rings. The van der Waals surface area contributed by atoms with Gasteiger partial charge in [-0.05, 0) is 76.9 Å². The molecule has 8 rings (SSSR count). The number of hydrogen-bond acceptors (Lipinski definition) is 1. The zero-order valence-corrected chi connectivity index (χ0v) is 26.7. The molecular weight excluding hydrogens is 556 g/mol. The average Bonchev–Trinajstić information content (AvgIpc) is 3.56. The van der Waals surface area contributed by atoms with Crippen LogP contribution in [0.25, 0.3) is 43.8 Å². The quantitative estimate of drug-likeness (QED) is 0.178. The van der Waals surface area contributed by atoms with Gasteiger partial charge in [0.25, 0.3) is 0 Å². The lowest BCUT2D eigenvalue weighted by Crippen LogP contribution is -2.14. The summed E-state index contributed by atoms with van der Waals surface area (Å²) in [5, 5.41) is 5.08. The van der Waals surface area contributed by atoms with Crippen LogP contribution >= 0.6 is 0 Å². The lowest BCUT2D eigenvalue weighted by atomic mass is 9.86. The maximum absolute atomic E-state index is 2.50. The predicted molar refractivity (Wildman–Crippen MR) is 198 cm³/mol. The molecule has 0 radical (unpaired) electrons. The molecular formula is C44H38N2. The van der Waals surface area contributed by atoms with Gasteiger partial charge in [0.15, 0.2) is 0 Å². The zero-order valence-electron chi connectivity index (χ0n) is 26.7. The van der Waals surface area contributed by atoms with Crippen LogP contribution in [0.4, 0.5) is 17.1 Å². The molecule has 0 spiro atoms. The normalized spacial score (nSPS) is 14.2. The summed E-state index contributed by atoms with van der Waals surface area (Å²) in [5.74, 6) is 0. The molecule has 1 aromatic heterocycles. The highest BCUT2D eigenvalue weighted by atomic mass is 15.1. The van der Waals surface area contributed by atoms with Crippen LogP contribution < -0.4 is 4.90 Å². The minimum absolute atomic E-state index is 0.142. The van der Waals surface area contributed by atoms with Crippen LogP contribution in [0.5, 0.6) is 0 Å². The Morgan fingerprint density at radius 2 is 1.24 bits per heavy atom. The summed E-state index contributed by atoms with van der Waals surface area (Å²) in [6.45, 7) is 6.97. The van der Waals surface area contributed by atoms with E-state index in [4.69, 9.17) is 0 Å². The van der Waals surface area contributed by atoms with Gasteiger partial charge in [-0.25, -0.2) is 0 Å². The molecule has 1 aliphatic carbocycles. The Kier molecular flexibility index (Phi) is 6.87. The molecule has 0 atom stereocenters. The van der Waals surface area contributed by atoms with Crippen molar-refractivity contribution in [2.75, 3.05) is 4.90 Å². The minimum atomic E-state index is -0.142. The Hall–Kier alpha value is -5.34. The van der Waals surface area contributed by atoms with E-state index in [1.807, 2.05) is 0 Å². The highest BCUT2D eigenvalue weighted by Gasteiger charge is 2.33. The van der Waals surface area contributed by atoms with E-state index in [2.05, 4.69) is 182 Å². The van der Waals surface area contributed by atoms with Crippen LogP contribution in [-0.4, -0.2) is 4.57 Å². The van der Waals surface area contributed by atoms with Gasteiger partial charge in [-0.2, -0.15) is 0 Å². The van der Waals surface area contributed by atoms with Crippen molar-refractivity contribution in [3.63, 3.8) is 0 Å². The van der Waals surface area contributed by atoms with Crippen LogP contribution in [0.2, 0.25) is 0 Å². The van der Waals surface area contributed by atoms with Gasteiger partial charge in [0, 0.05) is 44.5 Å². The smallest absolute Gasteiger partial charge is 0.0541 e. The van der Waals surface area contributed by atoms with Crippen LogP contribution in [0.15, 0.2) is 152 Å². The van der Waals surface area contributed by atoms with E-state index in [0.717, 1.165) is 24.2 Å². The van der Waals surface area contributed by atoms with Gasteiger partial charge in [-0.1, -0.05) is 130 Å². The third-order valence-electron chi connectivity index (χ3n) is 9.48. The van der Waals surface area contributed by atoms with Crippen LogP contribution in [-0.2, 0) is 5.41 Å². The summed E-state index contributed by atoms with van der Waals surface area (Å²) in [7, 11) is 0. The monoisotopic (exact) mass is 594 g/mol. The summed E-state index contributed by atoms with van der Waals surface area (Å²) in [6.07, 6.45) is 7.07. The third kappa shape index (κ3) is 4.64. The van der Waals surface area contributed by atoms with E-state index in [1.165, 1.54) is 60.7 Å². The molecule has 2 nitrogen and oxygen atoms in total. The first-order valence-corrected chi connectivity index (χ1v) is 16.4. The molecule has 46 heavy (non-hydrogen) atoms.